The van der Waals surface area contributed by atoms with Crippen LogP contribution in [0.5, 0.6) is 0 Å². The van der Waals surface area contributed by atoms with E-state index in [-0.39, 0.29) is 0 Å². The van der Waals surface area contributed by atoms with Gasteiger partial charge in [0.05, 0.1) is 11.1 Å². The van der Waals surface area contributed by atoms with Crippen LogP contribution in [0.4, 0.5) is 17.3 Å². The van der Waals surface area contributed by atoms with Crippen molar-refractivity contribution < 1.29 is 21.8 Å². The summed E-state index contributed by atoms with van der Waals surface area (Å²) in [4.78, 5) is 0. The SMILES string of the molecule is Cc1ccc2c(C)[n+](C)c(C)c-2cc1.F[B-](F)(F)F. The first-order chi connectivity index (χ1) is 8.61. The molecule has 1 heterocycles. The highest BCUT2D eigenvalue weighted by Crippen LogP contribution is 2.26. The number of hydrogen-bond acceptors (Lipinski definition) is 0. The Labute approximate surface area is 110 Å². The summed E-state index contributed by atoms with van der Waals surface area (Å²) in [6.07, 6.45) is 0. The fraction of sp³-hybridized carbons (Fsp3) is 0.308. The molecule has 0 fully saturated rings. The van der Waals surface area contributed by atoms with Gasteiger partial charge in [0.2, 0.25) is 0 Å². The van der Waals surface area contributed by atoms with Crippen molar-refractivity contribution in [2.75, 3.05) is 0 Å². The maximum atomic E-state index is 9.75. The third-order valence-electron chi connectivity index (χ3n) is 3.10. The molecule has 0 unspecified atom stereocenters. The van der Waals surface area contributed by atoms with Crippen molar-refractivity contribution >= 4 is 7.25 Å². The molecule has 0 saturated heterocycles. The second kappa shape index (κ2) is 5.59. The van der Waals surface area contributed by atoms with Gasteiger partial charge in [-0.2, -0.15) is 0 Å². The minimum atomic E-state index is -6.00. The molecule has 0 amide bonds. The Morgan fingerprint density at radius 1 is 0.789 bits per heavy atom. The molecule has 0 aromatic heterocycles. The fourth-order valence-corrected chi connectivity index (χ4v) is 1.91. The highest BCUT2D eigenvalue weighted by molar-refractivity contribution is 6.50. The van der Waals surface area contributed by atoms with Crippen LogP contribution in [0.15, 0.2) is 24.3 Å². The smallest absolute Gasteiger partial charge is 0.418 e. The molecule has 2 aliphatic rings. The molecular formula is C13H16BF4N. The summed E-state index contributed by atoms with van der Waals surface area (Å²) in [6.45, 7) is 6.47. The van der Waals surface area contributed by atoms with E-state index in [0.717, 1.165) is 0 Å². The van der Waals surface area contributed by atoms with E-state index in [1.54, 1.807) is 0 Å². The standard InChI is InChI=1S/C13H16N.BF4/c1-9-5-7-12-10(2)14(4)11(3)13(12)8-6-9;2-1(3,4)5/h5-8H,1-4H3;/q+1;-1. The van der Waals surface area contributed by atoms with Crippen molar-refractivity contribution in [3.05, 3.63) is 41.2 Å². The Kier molecular flexibility index (Phi) is 4.55. The maximum Gasteiger partial charge on any atom is 0.673 e. The third kappa shape index (κ3) is 4.22. The lowest BCUT2D eigenvalue weighted by atomic mass is 10.1. The van der Waals surface area contributed by atoms with E-state index in [2.05, 4.69) is 56.7 Å². The lowest BCUT2D eigenvalue weighted by Crippen LogP contribution is -2.31. The van der Waals surface area contributed by atoms with Crippen LogP contribution in [0.3, 0.4) is 0 Å². The summed E-state index contributed by atoms with van der Waals surface area (Å²) in [6, 6.07) is 8.78. The van der Waals surface area contributed by atoms with Crippen LogP contribution >= 0.6 is 0 Å². The molecule has 6 heteroatoms. The van der Waals surface area contributed by atoms with Crippen LogP contribution in [0.25, 0.3) is 11.1 Å². The molecule has 1 aliphatic heterocycles. The van der Waals surface area contributed by atoms with Gasteiger partial charge in [0, 0.05) is 13.8 Å². The fourth-order valence-electron chi connectivity index (χ4n) is 1.91. The molecule has 0 aromatic carbocycles. The van der Waals surface area contributed by atoms with E-state index >= 15 is 0 Å². The Bertz CT molecular complexity index is 506. The van der Waals surface area contributed by atoms with E-state index in [4.69, 9.17) is 0 Å². The van der Waals surface area contributed by atoms with Crippen LogP contribution < -0.4 is 4.57 Å². The van der Waals surface area contributed by atoms with E-state index in [1.807, 2.05) is 0 Å². The summed E-state index contributed by atoms with van der Waals surface area (Å²) >= 11 is 0. The Morgan fingerprint density at radius 2 is 1.11 bits per heavy atom. The van der Waals surface area contributed by atoms with Gasteiger partial charge in [-0.25, -0.2) is 4.57 Å². The average Bonchev–Trinajstić information content (AvgIpc) is 2.44. The molecule has 1 nitrogen and oxygen atoms in total. The van der Waals surface area contributed by atoms with Gasteiger partial charge in [-0.1, -0.05) is 17.7 Å². The van der Waals surface area contributed by atoms with Crippen molar-refractivity contribution in [3.63, 3.8) is 0 Å². The van der Waals surface area contributed by atoms with Gasteiger partial charge in [-0.15, -0.1) is 0 Å². The topological polar surface area (TPSA) is 3.88 Å². The Hall–Kier alpha value is -1.59. The normalized spacial score (nSPS) is 11.2. The molecule has 2 rings (SSSR count). The summed E-state index contributed by atoms with van der Waals surface area (Å²) < 4.78 is 41.2. The first-order valence-electron chi connectivity index (χ1n) is 5.84. The van der Waals surface area contributed by atoms with Gasteiger partial charge >= 0.3 is 7.25 Å². The first kappa shape index (κ1) is 15.5. The number of aryl methyl sites for hydroxylation is 1. The lowest BCUT2D eigenvalue weighted by molar-refractivity contribution is -0.679. The van der Waals surface area contributed by atoms with Crippen LogP contribution in [-0.2, 0) is 7.05 Å². The molecule has 19 heavy (non-hydrogen) atoms. The molecule has 1 aliphatic carbocycles. The first-order valence-corrected chi connectivity index (χ1v) is 5.84. The van der Waals surface area contributed by atoms with Gasteiger partial charge in [0.1, 0.15) is 7.05 Å². The minimum Gasteiger partial charge on any atom is -0.418 e. The number of aromatic nitrogens is 1. The summed E-state index contributed by atoms with van der Waals surface area (Å²) in [5.41, 5.74) is 6.71. The van der Waals surface area contributed by atoms with Gasteiger partial charge in [0.15, 0.2) is 11.4 Å². The molecule has 0 N–H and O–H groups in total. The molecular weight excluding hydrogens is 257 g/mol. The summed E-state index contributed by atoms with van der Waals surface area (Å²) in [5.74, 6) is 0. The highest BCUT2D eigenvalue weighted by Gasteiger charge is 2.21. The quantitative estimate of drug-likeness (QED) is 0.390. The van der Waals surface area contributed by atoms with Crippen LogP contribution in [0, 0.1) is 20.8 Å². The molecule has 104 valence electrons. The molecule has 0 aromatic rings. The van der Waals surface area contributed by atoms with Crippen molar-refractivity contribution in [1.29, 1.82) is 0 Å². The highest BCUT2D eigenvalue weighted by atomic mass is 19.5. The lowest BCUT2D eigenvalue weighted by Gasteiger charge is -1.94. The largest absolute Gasteiger partial charge is 0.673 e. The molecule has 0 bridgehead atoms. The van der Waals surface area contributed by atoms with E-state index in [1.165, 1.54) is 28.1 Å². The summed E-state index contributed by atoms with van der Waals surface area (Å²) in [7, 11) is -3.88. The number of halogens is 4. The zero-order chi connectivity index (χ0) is 14.8. The Morgan fingerprint density at radius 3 is 1.42 bits per heavy atom. The van der Waals surface area contributed by atoms with Gasteiger partial charge < -0.3 is 17.3 Å². The average molecular weight is 273 g/mol. The third-order valence-corrected chi connectivity index (χ3v) is 3.10. The minimum absolute atomic E-state index is 1.31. The zero-order valence-electron chi connectivity index (χ0n) is 11.3. The monoisotopic (exact) mass is 273 g/mol. The van der Waals surface area contributed by atoms with Crippen LogP contribution in [-0.4, -0.2) is 7.25 Å². The second-order valence-electron chi connectivity index (χ2n) is 4.46. The van der Waals surface area contributed by atoms with E-state index < -0.39 is 7.25 Å². The summed E-state index contributed by atoms with van der Waals surface area (Å²) in [5, 5.41) is 0. The van der Waals surface area contributed by atoms with E-state index in [9.17, 15) is 17.3 Å². The van der Waals surface area contributed by atoms with E-state index in [0.29, 0.717) is 0 Å². The predicted molar refractivity (Wildman–Crippen MR) is 68.6 cm³/mol. The number of rotatable bonds is 0. The number of fused-ring (bicyclic) bond motifs is 1. The molecule has 0 atom stereocenters. The molecule has 0 spiro atoms. The van der Waals surface area contributed by atoms with Crippen molar-refractivity contribution in [3.8, 4) is 11.1 Å². The predicted octanol–water partition coefficient (Wildman–Crippen LogP) is 3.84. The van der Waals surface area contributed by atoms with Gasteiger partial charge in [-0.05, 0) is 19.1 Å². The van der Waals surface area contributed by atoms with Gasteiger partial charge in [0.25, 0.3) is 0 Å². The Balaban J connectivity index is 0.000000312. The number of hydrogen-bond donors (Lipinski definition) is 0. The maximum absolute atomic E-state index is 9.75. The molecule has 0 saturated carbocycles. The number of nitrogens with zero attached hydrogens (tertiary/aromatic N) is 1. The second-order valence-corrected chi connectivity index (χ2v) is 4.46. The molecule has 0 radical (unpaired) electrons. The van der Waals surface area contributed by atoms with Crippen molar-refractivity contribution in [2.24, 2.45) is 7.05 Å². The van der Waals surface area contributed by atoms with Crippen molar-refractivity contribution in [2.45, 2.75) is 20.8 Å². The zero-order valence-corrected chi connectivity index (χ0v) is 11.3. The van der Waals surface area contributed by atoms with Crippen molar-refractivity contribution in [1.82, 2.24) is 0 Å². The van der Waals surface area contributed by atoms with Crippen LogP contribution in [0.2, 0.25) is 0 Å². The van der Waals surface area contributed by atoms with Crippen LogP contribution in [0.1, 0.15) is 17.0 Å². The van der Waals surface area contributed by atoms with Gasteiger partial charge in [-0.3, -0.25) is 0 Å².